The van der Waals surface area contributed by atoms with Crippen molar-refractivity contribution in [3.05, 3.63) is 24.0 Å². The van der Waals surface area contributed by atoms with E-state index < -0.39 is 24.0 Å². The number of carbonyl (C=O) groups excluding carboxylic acids is 2. The predicted molar refractivity (Wildman–Crippen MR) is 120 cm³/mol. The van der Waals surface area contributed by atoms with E-state index in [-0.39, 0.29) is 30.5 Å². The summed E-state index contributed by atoms with van der Waals surface area (Å²) in [5, 5.41) is 19.7. The summed E-state index contributed by atoms with van der Waals surface area (Å²) in [7, 11) is 0. The molecular weight excluding hydrogens is 429 g/mol. The SMILES string of the molecule is CCCOc1ccc(F)cc1N1CCN(CCCN2C(=O)C3CC(O)C(O)CC3C2=O)CC1. The van der Waals surface area contributed by atoms with Gasteiger partial charge in [0.05, 0.1) is 36.3 Å². The van der Waals surface area contributed by atoms with Crippen LogP contribution < -0.4 is 9.64 Å². The van der Waals surface area contributed by atoms with Gasteiger partial charge in [-0.05, 0) is 44.4 Å². The summed E-state index contributed by atoms with van der Waals surface area (Å²) in [5.74, 6) is -1.02. The normalized spacial score (nSPS) is 28.4. The molecule has 8 nitrogen and oxygen atoms in total. The van der Waals surface area contributed by atoms with E-state index in [4.69, 9.17) is 4.74 Å². The molecule has 33 heavy (non-hydrogen) atoms. The summed E-state index contributed by atoms with van der Waals surface area (Å²) in [4.78, 5) is 31.1. The van der Waals surface area contributed by atoms with Gasteiger partial charge in [-0.2, -0.15) is 0 Å². The van der Waals surface area contributed by atoms with Gasteiger partial charge in [-0.1, -0.05) is 6.92 Å². The summed E-state index contributed by atoms with van der Waals surface area (Å²) in [5.41, 5.74) is 0.781. The third-order valence-electron chi connectivity index (χ3n) is 7.04. The number of nitrogens with zero attached hydrogens (tertiary/aromatic N) is 3. The lowest BCUT2D eigenvalue weighted by molar-refractivity contribution is -0.140. The van der Waals surface area contributed by atoms with E-state index in [0.717, 1.165) is 44.8 Å². The molecule has 3 fully saturated rings. The largest absolute Gasteiger partial charge is 0.491 e. The van der Waals surface area contributed by atoms with Gasteiger partial charge < -0.3 is 19.8 Å². The highest BCUT2D eigenvalue weighted by molar-refractivity contribution is 6.05. The van der Waals surface area contributed by atoms with Crippen LogP contribution in [-0.4, -0.2) is 89.9 Å². The molecule has 0 bridgehead atoms. The van der Waals surface area contributed by atoms with E-state index in [2.05, 4.69) is 9.80 Å². The Labute approximate surface area is 193 Å². The van der Waals surface area contributed by atoms with Crippen molar-refractivity contribution in [3.8, 4) is 5.75 Å². The Balaban J connectivity index is 1.26. The lowest BCUT2D eigenvalue weighted by Crippen LogP contribution is -2.47. The highest BCUT2D eigenvalue weighted by Gasteiger charge is 2.51. The molecule has 2 saturated heterocycles. The number of anilines is 1. The summed E-state index contributed by atoms with van der Waals surface area (Å²) in [6.45, 7) is 6.83. The number of carbonyl (C=O) groups is 2. The number of ether oxygens (including phenoxy) is 1. The zero-order valence-corrected chi connectivity index (χ0v) is 19.2. The van der Waals surface area contributed by atoms with E-state index in [1.807, 2.05) is 6.92 Å². The minimum atomic E-state index is -0.940. The average Bonchev–Trinajstić information content (AvgIpc) is 3.03. The summed E-state index contributed by atoms with van der Waals surface area (Å²) in [6, 6.07) is 4.63. The van der Waals surface area contributed by atoms with Gasteiger partial charge in [0.25, 0.3) is 0 Å². The average molecular weight is 464 g/mol. The minimum Gasteiger partial charge on any atom is -0.491 e. The Morgan fingerprint density at radius 2 is 1.64 bits per heavy atom. The second kappa shape index (κ2) is 10.4. The third kappa shape index (κ3) is 5.15. The van der Waals surface area contributed by atoms with Crippen molar-refractivity contribution in [2.75, 3.05) is 50.8 Å². The van der Waals surface area contributed by atoms with Crippen molar-refractivity contribution < 1.29 is 28.9 Å². The van der Waals surface area contributed by atoms with Crippen LogP contribution in [0, 0.1) is 17.7 Å². The van der Waals surface area contributed by atoms with Crippen LogP contribution >= 0.6 is 0 Å². The molecule has 2 amide bonds. The molecule has 2 heterocycles. The van der Waals surface area contributed by atoms with Crippen molar-refractivity contribution in [1.29, 1.82) is 0 Å². The Bertz CT molecular complexity index is 833. The van der Waals surface area contributed by atoms with Gasteiger partial charge in [0.15, 0.2) is 0 Å². The standard InChI is InChI=1S/C24H34FN3O5/c1-2-12-33-22-5-4-16(25)13-19(22)27-10-8-26(9-11-27)6-3-7-28-23(31)17-14-20(29)21(30)15-18(17)24(28)32/h4-5,13,17-18,20-21,29-30H,2-3,6-12,14-15H2,1H3. The fourth-order valence-corrected chi connectivity index (χ4v) is 5.17. The molecule has 4 atom stereocenters. The molecule has 4 unspecified atom stereocenters. The Morgan fingerprint density at radius 1 is 1.00 bits per heavy atom. The molecule has 0 aromatic heterocycles. The highest BCUT2D eigenvalue weighted by Crippen LogP contribution is 2.38. The van der Waals surface area contributed by atoms with E-state index >= 15 is 0 Å². The summed E-state index contributed by atoms with van der Waals surface area (Å²) < 4.78 is 19.6. The molecule has 4 rings (SSSR count). The molecule has 1 saturated carbocycles. The van der Waals surface area contributed by atoms with Gasteiger partial charge in [-0.15, -0.1) is 0 Å². The minimum absolute atomic E-state index is 0.152. The van der Waals surface area contributed by atoms with E-state index in [9.17, 15) is 24.2 Å². The van der Waals surface area contributed by atoms with Crippen molar-refractivity contribution in [1.82, 2.24) is 9.80 Å². The van der Waals surface area contributed by atoms with Crippen LogP contribution in [0.1, 0.15) is 32.6 Å². The molecule has 2 N–H and O–H groups in total. The van der Waals surface area contributed by atoms with Crippen LogP contribution in [-0.2, 0) is 9.59 Å². The number of rotatable bonds is 8. The van der Waals surface area contributed by atoms with Crippen molar-refractivity contribution in [3.63, 3.8) is 0 Å². The van der Waals surface area contributed by atoms with E-state index in [1.54, 1.807) is 6.07 Å². The number of aliphatic hydroxyl groups is 2. The van der Waals surface area contributed by atoms with Crippen LogP contribution in [0.5, 0.6) is 5.75 Å². The fourth-order valence-electron chi connectivity index (χ4n) is 5.17. The first-order chi connectivity index (χ1) is 15.9. The molecule has 9 heteroatoms. The number of benzene rings is 1. The second-order valence-corrected chi connectivity index (χ2v) is 9.29. The lowest BCUT2D eigenvalue weighted by Gasteiger charge is -2.37. The van der Waals surface area contributed by atoms with Gasteiger partial charge in [-0.3, -0.25) is 19.4 Å². The molecule has 1 aromatic rings. The maximum atomic E-state index is 13.9. The number of amides is 2. The van der Waals surface area contributed by atoms with Crippen molar-refractivity contribution in [2.45, 2.75) is 44.8 Å². The van der Waals surface area contributed by atoms with Crippen LogP contribution in [0.3, 0.4) is 0 Å². The second-order valence-electron chi connectivity index (χ2n) is 9.29. The quantitative estimate of drug-likeness (QED) is 0.561. The molecule has 1 aromatic carbocycles. The van der Waals surface area contributed by atoms with Crippen LogP contribution in [0.2, 0.25) is 0 Å². The van der Waals surface area contributed by atoms with Crippen molar-refractivity contribution in [2.24, 2.45) is 11.8 Å². The zero-order chi connectivity index (χ0) is 23.5. The Kier molecular flexibility index (Phi) is 7.51. The predicted octanol–water partition coefficient (Wildman–Crippen LogP) is 1.24. The number of hydrogen-bond donors (Lipinski definition) is 2. The maximum absolute atomic E-state index is 13.9. The fraction of sp³-hybridized carbons (Fsp3) is 0.667. The Morgan fingerprint density at radius 3 is 2.24 bits per heavy atom. The Hall–Kier alpha value is -2.23. The molecule has 0 spiro atoms. The molecule has 1 aliphatic carbocycles. The number of piperazine rings is 1. The van der Waals surface area contributed by atoms with Gasteiger partial charge in [0, 0.05) is 38.8 Å². The zero-order valence-electron chi connectivity index (χ0n) is 19.2. The highest BCUT2D eigenvalue weighted by atomic mass is 19.1. The molecular formula is C24H34FN3O5. The number of likely N-dealkylation sites (tertiary alicyclic amines) is 1. The smallest absolute Gasteiger partial charge is 0.233 e. The first-order valence-electron chi connectivity index (χ1n) is 12.0. The van der Waals surface area contributed by atoms with Gasteiger partial charge in [0.1, 0.15) is 11.6 Å². The van der Waals surface area contributed by atoms with Crippen molar-refractivity contribution >= 4 is 17.5 Å². The number of imide groups is 1. The van der Waals surface area contributed by atoms with Crippen LogP contribution in [0.15, 0.2) is 18.2 Å². The lowest BCUT2D eigenvalue weighted by atomic mass is 9.78. The number of aliphatic hydroxyl groups excluding tert-OH is 2. The van der Waals surface area contributed by atoms with Crippen LogP contribution in [0.4, 0.5) is 10.1 Å². The van der Waals surface area contributed by atoms with Gasteiger partial charge in [0.2, 0.25) is 11.8 Å². The first kappa shape index (κ1) is 23.9. The summed E-state index contributed by atoms with van der Waals surface area (Å²) >= 11 is 0. The molecule has 0 radical (unpaired) electrons. The molecule has 3 aliphatic rings. The number of halogens is 1. The maximum Gasteiger partial charge on any atom is 0.233 e. The summed E-state index contributed by atoms with van der Waals surface area (Å²) in [6.07, 6.45) is -0.0182. The third-order valence-corrected chi connectivity index (χ3v) is 7.04. The number of fused-ring (bicyclic) bond motifs is 1. The monoisotopic (exact) mass is 463 g/mol. The first-order valence-corrected chi connectivity index (χ1v) is 12.0. The van der Waals surface area contributed by atoms with Crippen LogP contribution in [0.25, 0.3) is 0 Å². The van der Waals surface area contributed by atoms with E-state index in [0.29, 0.717) is 25.3 Å². The molecule has 2 aliphatic heterocycles. The van der Waals surface area contributed by atoms with E-state index in [1.165, 1.54) is 17.0 Å². The topological polar surface area (TPSA) is 93.6 Å². The number of hydrogen-bond acceptors (Lipinski definition) is 7. The van der Waals surface area contributed by atoms with Gasteiger partial charge in [-0.25, -0.2) is 4.39 Å². The van der Waals surface area contributed by atoms with Gasteiger partial charge >= 0.3 is 0 Å². The molecule has 182 valence electrons.